The van der Waals surface area contributed by atoms with Gasteiger partial charge in [0.05, 0.1) is 4.88 Å². The van der Waals surface area contributed by atoms with E-state index in [1.54, 1.807) is 23.6 Å². The molecule has 0 atom stereocenters. The van der Waals surface area contributed by atoms with Crippen LogP contribution in [0.5, 0.6) is 5.75 Å². The molecule has 6 heteroatoms. The topological polar surface area (TPSA) is 37.9 Å². The van der Waals surface area contributed by atoms with Crippen molar-refractivity contribution in [1.29, 1.82) is 0 Å². The summed E-state index contributed by atoms with van der Waals surface area (Å²) >= 11 is 13.8. The number of nitrogens with zero attached hydrogens (tertiary/aromatic N) is 1. The molecule has 114 valence electrons. The van der Waals surface area contributed by atoms with Gasteiger partial charge >= 0.3 is 0 Å². The molecular formula is C16H14Cl2N2OS. The number of aromatic nitrogens is 2. The maximum atomic E-state index is 6.19. The van der Waals surface area contributed by atoms with E-state index in [-0.39, 0.29) is 0 Å². The van der Waals surface area contributed by atoms with Crippen molar-refractivity contribution >= 4 is 34.5 Å². The van der Waals surface area contributed by atoms with E-state index < -0.39 is 0 Å². The fraction of sp³-hybridized carbons (Fsp3) is 0.188. The molecule has 3 nitrogen and oxygen atoms in total. The van der Waals surface area contributed by atoms with Crippen molar-refractivity contribution < 1.29 is 4.74 Å². The van der Waals surface area contributed by atoms with Gasteiger partial charge < -0.3 is 9.72 Å². The number of H-pyrrole nitrogens is 1. The minimum absolute atomic E-state index is 0.415. The molecule has 22 heavy (non-hydrogen) atoms. The molecule has 0 amide bonds. The molecule has 2 aromatic heterocycles. The Morgan fingerprint density at radius 2 is 2.18 bits per heavy atom. The predicted molar refractivity (Wildman–Crippen MR) is 91.2 cm³/mol. The van der Waals surface area contributed by atoms with E-state index in [1.165, 1.54) is 0 Å². The lowest BCUT2D eigenvalue weighted by Crippen LogP contribution is -1.99. The summed E-state index contributed by atoms with van der Waals surface area (Å²) in [6, 6.07) is 5.43. The van der Waals surface area contributed by atoms with Crippen molar-refractivity contribution in [2.24, 2.45) is 0 Å². The van der Waals surface area contributed by atoms with Crippen LogP contribution in [0, 0.1) is 6.92 Å². The number of hydrogen-bond acceptors (Lipinski definition) is 3. The third-order valence-corrected chi connectivity index (χ3v) is 4.93. The molecule has 3 rings (SSSR count). The highest BCUT2D eigenvalue weighted by atomic mass is 35.5. The van der Waals surface area contributed by atoms with E-state index in [0.717, 1.165) is 34.0 Å². The van der Waals surface area contributed by atoms with Gasteiger partial charge in [-0.25, -0.2) is 4.98 Å². The number of aryl methyl sites for hydroxylation is 1. The van der Waals surface area contributed by atoms with Gasteiger partial charge in [-0.05, 0) is 24.4 Å². The predicted octanol–water partition coefficient (Wildman–Crippen LogP) is 5.26. The van der Waals surface area contributed by atoms with Gasteiger partial charge in [-0.2, -0.15) is 0 Å². The largest absolute Gasteiger partial charge is 0.487 e. The monoisotopic (exact) mass is 352 g/mol. The smallest absolute Gasteiger partial charge is 0.137 e. The van der Waals surface area contributed by atoms with Gasteiger partial charge in [-0.15, -0.1) is 11.3 Å². The number of thiophene rings is 1. The van der Waals surface area contributed by atoms with E-state index >= 15 is 0 Å². The fourth-order valence-corrected chi connectivity index (χ4v) is 3.57. The van der Waals surface area contributed by atoms with E-state index in [4.69, 9.17) is 27.9 Å². The molecule has 0 aliphatic heterocycles. The minimum atomic E-state index is 0.415. The second-order valence-electron chi connectivity index (χ2n) is 4.91. The van der Waals surface area contributed by atoms with E-state index in [0.29, 0.717) is 16.7 Å². The summed E-state index contributed by atoms with van der Waals surface area (Å²) in [7, 11) is 0. The summed E-state index contributed by atoms with van der Waals surface area (Å²) in [5, 5.41) is 3.34. The quantitative estimate of drug-likeness (QED) is 0.680. The lowest BCUT2D eigenvalue weighted by atomic mass is 10.2. The molecule has 0 saturated heterocycles. The van der Waals surface area contributed by atoms with Crippen LogP contribution in [0.15, 0.2) is 36.0 Å². The Hall–Kier alpha value is -1.49. The zero-order valence-electron chi connectivity index (χ0n) is 11.9. The highest BCUT2D eigenvalue weighted by Gasteiger charge is 2.13. The summed E-state index contributed by atoms with van der Waals surface area (Å²) in [6.45, 7) is 2.46. The molecule has 0 radical (unpaired) electrons. The van der Waals surface area contributed by atoms with E-state index in [1.807, 2.05) is 25.3 Å². The molecule has 0 aliphatic carbocycles. The SMILES string of the molecule is Cc1csc(Cc2ncc[nH]2)c1OCc1ccc(Cl)cc1Cl. The number of ether oxygens (including phenoxy) is 1. The van der Waals surface area contributed by atoms with Gasteiger partial charge in [0.1, 0.15) is 18.2 Å². The standard InChI is InChI=1S/C16H14Cl2N2OS/c1-10-9-22-14(7-15-19-4-5-20-15)16(10)21-8-11-2-3-12(17)6-13(11)18/h2-6,9H,7-8H2,1H3,(H,19,20). The first-order valence-electron chi connectivity index (χ1n) is 6.75. The van der Waals surface area contributed by atoms with Crippen LogP contribution in [0.2, 0.25) is 10.0 Å². The van der Waals surface area contributed by atoms with Gasteiger partial charge in [0, 0.05) is 40.0 Å². The summed E-state index contributed by atoms with van der Waals surface area (Å²) in [5.74, 6) is 1.84. The van der Waals surface area contributed by atoms with Crippen LogP contribution < -0.4 is 4.74 Å². The highest BCUT2D eigenvalue weighted by Crippen LogP contribution is 2.33. The highest BCUT2D eigenvalue weighted by molar-refractivity contribution is 7.10. The summed E-state index contributed by atoms with van der Waals surface area (Å²) in [6.07, 6.45) is 4.31. The molecule has 0 fully saturated rings. The number of hydrogen-bond donors (Lipinski definition) is 1. The van der Waals surface area contributed by atoms with Gasteiger partial charge in [0.15, 0.2) is 0 Å². The maximum absolute atomic E-state index is 6.19. The zero-order valence-corrected chi connectivity index (χ0v) is 14.2. The van der Waals surface area contributed by atoms with Crippen LogP contribution in [-0.2, 0) is 13.0 Å². The Morgan fingerprint density at radius 1 is 1.32 bits per heavy atom. The number of aromatic amines is 1. The van der Waals surface area contributed by atoms with Crippen LogP contribution >= 0.6 is 34.5 Å². The molecule has 1 N–H and O–H groups in total. The minimum Gasteiger partial charge on any atom is -0.487 e. The molecule has 0 spiro atoms. The van der Waals surface area contributed by atoms with Crippen molar-refractivity contribution in [3.63, 3.8) is 0 Å². The van der Waals surface area contributed by atoms with Crippen molar-refractivity contribution in [2.75, 3.05) is 0 Å². The number of imidazole rings is 1. The second-order valence-corrected chi connectivity index (χ2v) is 6.72. The fourth-order valence-electron chi connectivity index (χ4n) is 2.14. The molecule has 0 saturated carbocycles. The van der Waals surface area contributed by atoms with Crippen LogP contribution in [0.3, 0.4) is 0 Å². The summed E-state index contributed by atoms with van der Waals surface area (Å²) in [4.78, 5) is 8.53. The van der Waals surface area contributed by atoms with Crippen molar-refractivity contribution in [3.8, 4) is 5.75 Å². The third-order valence-electron chi connectivity index (χ3n) is 3.26. The molecule has 0 bridgehead atoms. The number of nitrogens with one attached hydrogen (secondary N) is 1. The number of benzene rings is 1. The van der Waals surface area contributed by atoms with E-state index in [2.05, 4.69) is 15.3 Å². The third kappa shape index (κ3) is 3.46. The number of halogens is 2. The van der Waals surface area contributed by atoms with Crippen LogP contribution in [-0.4, -0.2) is 9.97 Å². The first-order valence-corrected chi connectivity index (χ1v) is 8.39. The van der Waals surface area contributed by atoms with Gasteiger partial charge in [0.2, 0.25) is 0 Å². The first kappa shape index (κ1) is 15.4. The number of rotatable bonds is 5. The van der Waals surface area contributed by atoms with Gasteiger partial charge in [0.25, 0.3) is 0 Å². The first-order chi connectivity index (χ1) is 10.6. The molecule has 1 aromatic carbocycles. The zero-order chi connectivity index (χ0) is 15.5. The summed E-state index contributed by atoms with van der Waals surface area (Å²) < 4.78 is 6.00. The Morgan fingerprint density at radius 3 is 2.91 bits per heavy atom. The Labute approximate surface area is 142 Å². The lowest BCUT2D eigenvalue weighted by molar-refractivity contribution is 0.303. The molecule has 3 aromatic rings. The molecule has 0 unspecified atom stereocenters. The maximum Gasteiger partial charge on any atom is 0.137 e. The molecule has 0 aliphatic rings. The molecule has 2 heterocycles. The summed E-state index contributed by atoms with van der Waals surface area (Å²) in [5.41, 5.74) is 2.04. The van der Waals surface area contributed by atoms with Crippen molar-refractivity contribution in [3.05, 3.63) is 67.8 Å². The Kier molecular flexibility index (Phi) is 4.71. The van der Waals surface area contributed by atoms with Gasteiger partial charge in [-0.1, -0.05) is 29.3 Å². The van der Waals surface area contributed by atoms with Crippen LogP contribution in [0.1, 0.15) is 21.8 Å². The average molecular weight is 353 g/mol. The molecular weight excluding hydrogens is 339 g/mol. The normalized spacial score (nSPS) is 10.9. The van der Waals surface area contributed by atoms with Crippen LogP contribution in [0.4, 0.5) is 0 Å². The Bertz CT molecular complexity index is 769. The van der Waals surface area contributed by atoms with Crippen molar-refractivity contribution in [1.82, 2.24) is 9.97 Å². The Balaban J connectivity index is 1.76. The van der Waals surface area contributed by atoms with Gasteiger partial charge in [-0.3, -0.25) is 0 Å². The van der Waals surface area contributed by atoms with Crippen LogP contribution in [0.25, 0.3) is 0 Å². The second kappa shape index (κ2) is 6.73. The lowest BCUT2D eigenvalue weighted by Gasteiger charge is -2.10. The van der Waals surface area contributed by atoms with E-state index in [9.17, 15) is 0 Å². The average Bonchev–Trinajstić information content (AvgIpc) is 3.10. The van der Waals surface area contributed by atoms with Crippen molar-refractivity contribution in [2.45, 2.75) is 20.0 Å².